The highest BCUT2D eigenvalue weighted by Gasteiger charge is 2.30. The van der Waals surface area contributed by atoms with Gasteiger partial charge in [0.05, 0.1) is 26.4 Å². The Bertz CT molecular complexity index is 1560. The van der Waals surface area contributed by atoms with Gasteiger partial charge in [-0.1, -0.05) is 241 Å². The van der Waals surface area contributed by atoms with Crippen molar-refractivity contribution in [1.29, 1.82) is 0 Å². The molecule has 0 aliphatic rings. The molecule has 79 heavy (non-hydrogen) atoms. The van der Waals surface area contributed by atoms with Crippen LogP contribution in [-0.4, -0.2) is 96.7 Å². The van der Waals surface area contributed by atoms with E-state index in [1.165, 1.54) is 77.0 Å². The smallest absolute Gasteiger partial charge is 0.462 e. The number of hydrogen-bond donors (Lipinski definition) is 3. The van der Waals surface area contributed by atoms with Crippen molar-refractivity contribution in [3.05, 3.63) is 0 Å². The molecule has 0 aliphatic carbocycles. The number of ether oxygens (including phenoxy) is 4. The van der Waals surface area contributed by atoms with Gasteiger partial charge in [0.15, 0.2) is 12.2 Å². The Morgan fingerprint density at radius 2 is 0.582 bits per heavy atom. The minimum absolute atomic E-state index is 0.103. The van der Waals surface area contributed by atoms with Gasteiger partial charge < -0.3 is 33.8 Å². The van der Waals surface area contributed by atoms with E-state index in [9.17, 15) is 43.2 Å². The molecular formula is C60H116O17P2. The minimum Gasteiger partial charge on any atom is -0.462 e. The lowest BCUT2D eigenvalue weighted by atomic mass is 10.0. The molecule has 0 aromatic rings. The molecule has 0 amide bonds. The molecule has 0 rings (SSSR count). The zero-order chi connectivity index (χ0) is 58.7. The molecular weight excluding hydrogens is 1050 g/mol. The van der Waals surface area contributed by atoms with E-state index in [1.54, 1.807) is 0 Å². The van der Waals surface area contributed by atoms with Crippen LogP contribution in [0.2, 0.25) is 0 Å². The van der Waals surface area contributed by atoms with Gasteiger partial charge in [0.2, 0.25) is 0 Å². The maximum atomic E-state index is 12.9. The van der Waals surface area contributed by atoms with E-state index in [-0.39, 0.29) is 25.7 Å². The highest BCUT2D eigenvalue weighted by Crippen LogP contribution is 2.45. The first-order valence-corrected chi connectivity index (χ1v) is 34.5. The SMILES string of the molecule is CCCCCCCCCC(=O)OC[C@H](COP(=O)(O)OC[C@H](O)COP(=O)(O)OC[C@@H](COC(=O)CCCCCCCCC(C)C)OC(=O)CCCCCCCCCCCCCCCC(C)C)OC(=O)CCCCCCCCC. The third-order valence-corrected chi connectivity index (χ3v) is 15.6. The fourth-order valence-electron chi connectivity index (χ4n) is 8.82. The first-order valence-electron chi connectivity index (χ1n) is 31.5. The van der Waals surface area contributed by atoms with E-state index < -0.39 is 97.5 Å². The highest BCUT2D eigenvalue weighted by molar-refractivity contribution is 7.47. The molecule has 0 aromatic heterocycles. The molecule has 468 valence electrons. The molecule has 17 nitrogen and oxygen atoms in total. The molecule has 2 unspecified atom stereocenters. The predicted octanol–water partition coefficient (Wildman–Crippen LogP) is 16.1. The van der Waals surface area contributed by atoms with E-state index in [0.29, 0.717) is 31.6 Å². The van der Waals surface area contributed by atoms with Crippen molar-refractivity contribution in [2.75, 3.05) is 39.6 Å². The summed E-state index contributed by atoms with van der Waals surface area (Å²) >= 11 is 0. The van der Waals surface area contributed by atoms with Gasteiger partial charge in [-0.3, -0.25) is 37.3 Å². The van der Waals surface area contributed by atoms with Gasteiger partial charge in [0, 0.05) is 25.7 Å². The molecule has 0 heterocycles. The minimum atomic E-state index is -4.94. The Morgan fingerprint density at radius 3 is 0.861 bits per heavy atom. The molecule has 19 heteroatoms. The molecule has 0 saturated carbocycles. The molecule has 5 atom stereocenters. The molecule has 0 bridgehead atoms. The predicted molar refractivity (Wildman–Crippen MR) is 312 cm³/mol. The molecule has 0 fully saturated rings. The van der Waals surface area contributed by atoms with Crippen molar-refractivity contribution in [2.45, 2.75) is 310 Å². The Labute approximate surface area is 479 Å². The number of carbonyl (C=O) groups excluding carboxylic acids is 4. The van der Waals surface area contributed by atoms with Gasteiger partial charge in [-0.25, -0.2) is 9.13 Å². The van der Waals surface area contributed by atoms with Crippen LogP contribution in [0.4, 0.5) is 0 Å². The summed E-state index contributed by atoms with van der Waals surface area (Å²) in [5.41, 5.74) is 0. The second-order valence-electron chi connectivity index (χ2n) is 22.7. The van der Waals surface area contributed by atoms with E-state index >= 15 is 0 Å². The van der Waals surface area contributed by atoms with Crippen molar-refractivity contribution in [3.63, 3.8) is 0 Å². The average Bonchev–Trinajstić information content (AvgIpc) is 3.40. The summed E-state index contributed by atoms with van der Waals surface area (Å²) in [6.07, 6.45) is 33.9. The summed E-state index contributed by atoms with van der Waals surface area (Å²) in [6.45, 7) is 9.31. The van der Waals surface area contributed by atoms with Crippen LogP contribution in [-0.2, 0) is 65.4 Å². The quantitative estimate of drug-likeness (QED) is 0.0222. The molecule has 0 saturated heterocycles. The van der Waals surface area contributed by atoms with Gasteiger partial charge in [-0.15, -0.1) is 0 Å². The third kappa shape index (κ3) is 55.0. The summed E-state index contributed by atoms with van der Waals surface area (Å²) in [5, 5.41) is 10.5. The van der Waals surface area contributed by atoms with E-state index in [1.807, 2.05) is 0 Å². The van der Waals surface area contributed by atoms with Crippen LogP contribution in [0.1, 0.15) is 292 Å². The number of unbranched alkanes of at least 4 members (excludes halogenated alkanes) is 29. The molecule has 0 spiro atoms. The van der Waals surface area contributed by atoms with Crippen LogP contribution in [0.15, 0.2) is 0 Å². The lowest BCUT2D eigenvalue weighted by Crippen LogP contribution is -2.30. The average molecular weight is 1170 g/mol. The number of phosphoric ester groups is 2. The summed E-state index contributed by atoms with van der Waals surface area (Å²) in [4.78, 5) is 71.7. The van der Waals surface area contributed by atoms with Gasteiger partial charge in [0.1, 0.15) is 19.3 Å². The van der Waals surface area contributed by atoms with Crippen LogP contribution >= 0.6 is 15.6 Å². The Balaban J connectivity index is 5.16. The van der Waals surface area contributed by atoms with Crippen LogP contribution < -0.4 is 0 Å². The lowest BCUT2D eigenvalue weighted by molar-refractivity contribution is -0.161. The van der Waals surface area contributed by atoms with Crippen LogP contribution in [0.25, 0.3) is 0 Å². The summed E-state index contributed by atoms with van der Waals surface area (Å²) < 4.78 is 67.6. The fourth-order valence-corrected chi connectivity index (χ4v) is 10.4. The van der Waals surface area contributed by atoms with Gasteiger partial charge >= 0.3 is 39.5 Å². The number of carbonyl (C=O) groups is 4. The number of phosphoric acid groups is 2. The third-order valence-electron chi connectivity index (χ3n) is 13.7. The zero-order valence-corrected chi connectivity index (χ0v) is 52.4. The van der Waals surface area contributed by atoms with Crippen LogP contribution in [0, 0.1) is 11.8 Å². The largest absolute Gasteiger partial charge is 0.472 e. The summed E-state index contributed by atoms with van der Waals surface area (Å²) in [7, 11) is -9.87. The van der Waals surface area contributed by atoms with E-state index in [2.05, 4.69) is 41.5 Å². The van der Waals surface area contributed by atoms with Crippen molar-refractivity contribution in [3.8, 4) is 0 Å². The number of aliphatic hydroxyl groups excluding tert-OH is 1. The first-order chi connectivity index (χ1) is 37.9. The van der Waals surface area contributed by atoms with Crippen LogP contribution in [0.3, 0.4) is 0 Å². The maximum Gasteiger partial charge on any atom is 0.472 e. The Kier molecular flexibility index (Phi) is 51.5. The van der Waals surface area contributed by atoms with Gasteiger partial charge in [0.25, 0.3) is 0 Å². The van der Waals surface area contributed by atoms with Gasteiger partial charge in [-0.2, -0.15) is 0 Å². The normalized spacial score (nSPS) is 14.4. The second kappa shape index (κ2) is 52.8. The zero-order valence-electron chi connectivity index (χ0n) is 50.7. The second-order valence-corrected chi connectivity index (χ2v) is 25.6. The fraction of sp³-hybridized carbons (Fsp3) is 0.933. The Morgan fingerprint density at radius 1 is 0.342 bits per heavy atom. The number of aliphatic hydroxyl groups is 1. The first kappa shape index (κ1) is 77.1. The van der Waals surface area contributed by atoms with Crippen molar-refractivity contribution in [1.82, 2.24) is 0 Å². The maximum absolute atomic E-state index is 12.9. The number of rotatable bonds is 59. The summed E-state index contributed by atoms with van der Waals surface area (Å²) in [6, 6.07) is 0. The van der Waals surface area contributed by atoms with Crippen molar-refractivity contribution < 1.29 is 80.2 Å². The highest BCUT2D eigenvalue weighted by atomic mass is 31.2. The van der Waals surface area contributed by atoms with E-state index in [0.717, 1.165) is 128 Å². The molecule has 0 radical (unpaired) electrons. The Hall–Kier alpha value is -1.94. The van der Waals surface area contributed by atoms with Crippen molar-refractivity contribution in [2.24, 2.45) is 11.8 Å². The van der Waals surface area contributed by atoms with Gasteiger partial charge in [-0.05, 0) is 37.5 Å². The number of hydrogen-bond acceptors (Lipinski definition) is 15. The standard InChI is InChI=1S/C60H116O17P2/c1-7-9-11-13-22-30-36-42-57(62)70-48-55(76-59(64)44-38-32-23-14-12-10-8-2)50-74-78(66,67)72-46-54(61)47-73-79(68,69)75-51-56(49-71-58(63)43-37-31-27-26-29-35-41-53(5)6)77-60(65)45-39-33-25-21-19-17-15-16-18-20-24-28-34-40-52(3)4/h52-56,61H,7-51H2,1-6H3,(H,66,67)(H,68,69)/t54-,55+,56+/m0/s1. The topological polar surface area (TPSA) is 237 Å². The molecule has 3 N–H and O–H groups in total. The monoisotopic (exact) mass is 1170 g/mol. The summed E-state index contributed by atoms with van der Waals surface area (Å²) in [5.74, 6) is -0.684. The molecule has 0 aliphatic heterocycles. The molecule has 0 aromatic carbocycles. The lowest BCUT2D eigenvalue weighted by Gasteiger charge is -2.21. The van der Waals surface area contributed by atoms with E-state index in [4.69, 9.17) is 37.0 Å². The number of esters is 4. The van der Waals surface area contributed by atoms with Crippen LogP contribution in [0.5, 0.6) is 0 Å². The van der Waals surface area contributed by atoms with Crippen molar-refractivity contribution >= 4 is 39.5 Å².